The number of carbonyl (C=O) groups is 1. The van der Waals surface area contributed by atoms with Crippen molar-refractivity contribution in [3.63, 3.8) is 0 Å². The molecule has 0 bridgehead atoms. The predicted molar refractivity (Wildman–Crippen MR) is 138 cm³/mol. The van der Waals surface area contributed by atoms with Crippen LogP contribution in [0.4, 0.5) is 0 Å². The summed E-state index contributed by atoms with van der Waals surface area (Å²) in [5, 5.41) is 18.8. The normalized spacial score (nSPS) is 15.4. The number of benzene rings is 2. The lowest BCUT2D eigenvalue weighted by molar-refractivity contribution is -0.133. The molecule has 38 heavy (non-hydrogen) atoms. The third-order valence-corrected chi connectivity index (χ3v) is 8.46. The van der Waals surface area contributed by atoms with E-state index in [-0.39, 0.29) is 52.0 Å². The van der Waals surface area contributed by atoms with E-state index >= 15 is 0 Å². The Morgan fingerprint density at radius 1 is 1.16 bits per heavy atom. The SMILES string of the molecule is COC(=O)C(=C(O)CSc1nnc(-c2cccc(S(=O)(=O)N3CCOCC3)c2)o1)c1nc2ccccc2[nH]1. The zero-order chi connectivity index (χ0) is 26.7. The maximum atomic E-state index is 13.0. The number of para-hydroxylation sites is 2. The van der Waals surface area contributed by atoms with Gasteiger partial charge in [0.15, 0.2) is 0 Å². The molecule has 1 fully saturated rings. The fourth-order valence-corrected chi connectivity index (χ4v) is 5.93. The largest absolute Gasteiger partial charge is 0.510 e. The van der Waals surface area contributed by atoms with Gasteiger partial charge in [0.1, 0.15) is 17.2 Å². The number of nitrogens with one attached hydrogen (secondary N) is 1. The van der Waals surface area contributed by atoms with Crippen molar-refractivity contribution in [2.24, 2.45) is 0 Å². The minimum atomic E-state index is -3.70. The second-order valence-corrected chi connectivity index (χ2v) is 11.0. The van der Waals surface area contributed by atoms with Gasteiger partial charge in [-0.1, -0.05) is 30.0 Å². The maximum Gasteiger partial charge on any atom is 0.345 e. The van der Waals surface area contributed by atoms with Crippen molar-refractivity contribution in [2.45, 2.75) is 10.1 Å². The number of ether oxygens (including phenoxy) is 2. The molecular weight excluding hydrogens is 534 g/mol. The number of H-pyrrole nitrogens is 1. The zero-order valence-corrected chi connectivity index (χ0v) is 21.8. The number of fused-ring (bicyclic) bond motifs is 1. The molecule has 1 aliphatic heterocycles. The molecule has 0 spiro atoms. The van der Waals surface area contributed by atoms with Crippen LogP contribution in [0.25, 0.3) is 28.1 Å². The van der Waals surface area contributed by atoms with Gasteiger partial charge in [-0.05, 0) is 30.3 Å². The molecule has 1 saturated heterocycles. The van der Waals surface area contributed by atoms with Crippen LogP contribution in [-0.2, 0) is 24.3 Å². The summed E-state index contributed by atoms with van der Waals surface area (Å²) in [5.41, 5.74) is 1.64. The predicted octanol–water partition coefficient (Wildman–Crippen LogP) is 2.87. The third-order valence-electron chi connectivity index (χ3n) is 5.73. The molecule has 2 aromatic heterocycles. The Balaban J connectivity index is 1.35. The number of thioether (sulfide) groups is 1. The standard InChI is InChI=1S/C24H23N5O7S2/c1-34-23(31)20(21-25-17-7-2-3-8-18(17)26-21)19(30)14-37-24-28-27-22(36-24)15-5-4-6-16(13-15)38(32,33)29-9-11-35-12-10-29/h2-8,13,30H,9-12,14H2,1H3,(H,25,26). The smallest absolute Gasteiger partial charge is 0.345 e. The summed E-state index contributed by atoms with van der Waals surface area (Å²) in [6.45, 7) is 1.26. The monoisotopic (exact) mass is 557 g/mol. The fourth-order valence-electron chi connectivity index (χ4n) is 3.84. The highest BCUT2D eigenvalue weighted by Gasteiger charge is 2.27. The van der Waals surface area contributed by atoms with Gasteiger partial charge in [0.25, 0.3) is 5.22 Å². The topological polar surface area (TPSA) is 161 Å². The van der Waals surface area contributed by atoms with Crippen molar-refractivity contribution in [3.05, 3.63) is 60.1 Å². The molecule has 0 amide bonds. The molecule has 2 N–H and O–H groups in total. The zero-order valence-electron chi connectivity index (χ0n) is 20.2. The lowest BCUT2D eigenvalue weighted by atomic mass is 10.2. The molecule has 0 saturated carbocycles. The van der Waals surface area contributed by atoms with Crippen molar-refractivity contribution in [1.82, 2.24) is 24.5 Å². The molecule has 2 aromatic carbocycles. The van der Waals surface area contributed by atoms with Crippen LogP contribution in [-0.4, -0.2) is 83.1 Å². The molecule has 5 rings (SSSR count). The Morgan fingerprint density at radius 2 is 1.95 bits per heavy atom. The number of morpholine rings is 1. The van der Waals surface area contributed by atoms with E-state index in [4.69, 9.17) is 13.9 Å². The summed E-state index contributed by atoms with van der Waals surface area (Å²) in [6, 6.07) is 13.5. The van der Waals surface area contributed by atoms with Gasteiger partial charge >= 0.3 is 5.97 Å². The molecule has 1 aliphatic rings. The van der Waals surface area contributed by atoms with E-state index in [1.54, 1.807) is 24.3 Å². The lowest BCUT2D eigenvalue weighted by Gasteiger charge is -2.26. The van der Waals surface area contributed by atoms with E-state index in [9.17, 15) is 18.3 Å². The first-order valence-electron chi connectivity index (χ1n) is 11.5. The van der Waals surface area contributed by atoms with Gasteiger partial charge in [-0.15, -0.1) is 10.2 Å². The van der Waals surface area contributed by atoms with Crippen LogP contribution in [0.2, 0.25) is 0 Å². The van der Waals surface area contributed by atoms with Crippen molar-refractivity contribution in [1.29, 1.82) is 0 Å². The Bertz CT molecular complexity index is 1570. The average molecular weight is 558 g/mol. The van der Waals surface area contributed by atoms with Crippen molar-refractivity contribution in [2.75, 3.05) is 39.2 Å². The average Bonchev–Trinajstić information content (AvgIpc) is 3.60. The number of nitrogens with zero attached hydrogens (tertiary/aromatic N) is 4. The molecule has 4 aromatic rings. The Hall–Kier alpha value is -3.72. The van der Waals surface area contributed by atoms with Crippen LogP contribution in [0.15, 0.2) is 68.8 Å². The molecule has 12 nitrogen and oxygen atoms in total. The minimum absolute atomic E-state index is 0.0887. The first-order valence-corrected chi connectivity index (χ1v) is 13.9. The van der Waals surface area contributed by atoms with Crippen molar-refractivity contribution >= 4 is 44.4 Å². The van der Waals surface area contributed by atoms with E-state index in [0.717, 1.165) is 11.8 Å². The first-order chi connectivity index (χ1) is 18.4. The molecular formula is C24H23N5O7S2. The van der Waals surface area contributed by atoms with Crippen LogP contribution in [0.5, 0.6) is 0 Å². The molecule has 0 aliphatic carbocycles. The number of hydrogen-bond acceptors (Lipinski definition) is 11. The highest BCUT2D eigenvalue weighted by atomic mass is 32.2. The van der Waals surface area contributed by atoms with Crippen LogP contribution in [0, 0.1) is 0 Å². The molecule has 3 heterocycles. The number of methoxy groups -OCH3 is 1. The summed E-state index contributed by atoms with van der Waals surface area (Å²) in [7, 11) is -2.49. The van der Waals surface area contributed by atoms with Gasteiger partial charge in [0, 0.05) is 18.7 Å². The maximum absolute atomic E-state index is 13.0. The lowest BCUT2D eigenvalue weighted by Crippen LogP contribution is -2.40. The molecule has 0 radical (unpaired) electrons. The number of imidazole rings is 1. The van der Waals surface area contributed by atoms with Gasteiger partial charge in [-0.2, -0.15) is 4.31 Å². The number of aromatic nitrogens is 4. The van der Waals surface area contributed by atoms with Crippen LogP contribution in [0.3, 0.4) is 0 Å². The highest BCUT2D eigenvalue weighted by Crippen LogP contribution is 2.29. The van der Waals surface area contributed by atoms with E-state index in [1.165, 1.54) is 23.5 Å². The Labute approximate surface area is 221 Å². The van der Waals surface area contributed by atoms with Gasteiger partial charge in [-0.3, -0.25) is 0 Å². The van der Waals surface area contributed by atoms with Crippen LogP contribution in [0.1, 0.15) is 5.82 Å². The first kappa shape index (κ1) is 25.9. The Kier molecular flexibility index (Phi) is 7.46. The van der Waals surface area contributed by atoms with Gasteiger partial charge in [0.2, 0.25) is 15.9 Å². The quantitative estimate of drug-likeness (QED) is 0.142. The number of rotatable bonds is 8. The van der Waals surface area contributed by atoms with Gasteiger partial charge < -0.3 is 24.0 Å². The summed E-state index contributed by atoms with van der Waals surface area (Å²) in [5.74, 6) is -0.860. The molecule has 0 atom stereocenters. The van der Waals surface area contributed by atoms with Crippen molar-refractivity contribution in [3.8, 4) is 11.5 Å². The molecule has 0 unspecified atom stereocenters. The summed E-state index contributed by atoms with van der Waals surface area (Å²) < 4.78 is 43.1. The van der Waals surface area contributed by atoms with E-state index < -0.39 is 16.0 Å². The number of aliphatic hydroxyl groups is 1. The number of sulfonamides is 1. The van der Waals surface area contributed by atoms with E-state index in [0.29, 0.717) is 29.8 Å². The molecule has 14 heteroatoms. The van der Waals surface area contributed by atoms with Gasteiger partial charge in [-0.25, -0.2) is 18.2 Å². The number of aliphatic hydroxyl groups excluding tert-OH is 1. The highest BCUT2D eigenvalue weighted by molar-refractivity contribution is 7.99. The van der Waals surface area contributed by atoms with Crippen molar-refractivity contribution < 1.29 is 32.2 Å². The second kappa shape index (κ2) is 10.9. The number of esters is 1. The third kappa shape index (κ3) is 5.29. The number of carbonyl (C=O) groups excluding carboxylic acids is 1. The number of hydrogen-bond donors (Lipinski definition) is 2. The van der Waals surface area contributed by atoms with Crippen LogP contribution < -0.4 is 0 Å². The van der Waals surface area contributed by atoms with Gasteiger partial charge in [0.05, 0.1) is 42.0 Å². The minimum Gasteiger partial charge on any atom is -0.510 e. The molecule has 198 valence electrons. The summed E-state index contributed by atoms with van der Waals surface area (Å²) in [4.78, 5) is 19.9. The second-order valence-electron chi connectivity index (χ2n) is 8.12. The Morgan fingerprint density at radius 3 is 2.71 bits per heavy atom. The van der Waals surface area contributed by atoms with Crippen LogP contribution >= 0.6 is 11.8 Å². The van der Waals surface area contributed by atoms with E-state index in [2.05, 4.69) is 20.2 Å². The van der Waals surface area contributed by atoms with E-state index in [1.807, 2.05) is 12.1 Å². The fraction of sp³-hybridized carbons (Fsp3) is 0.250. The number of aromatic amines is 1. The summed E-state index contributed by atoms with van der Waals surface area (Å²) >= 11 is 0.996. The summed E-state index contributed by atoms with van der Waals surface area (Å²) in [6.07, 6.45) is 0.